The van der Waals surface area contributed by atoms with Crippen molar-refractivity contribution in [3.8, 4) is 0 Å². The standard InChI is InChI=1S/C16H20N4O2/c1-22-12-13-11-15(21)18-16(17-13)20-9-7-19(8-10-20)14-5-3-2-4-6-14/h2-6,11H,7-10,12H2,1H3,(H,17,18,21). The highest BCUT2D eigenvalue weighted by atomic mass is 16.5. The Labute approximate surface area is 129 Å². The lowest BCUT2D eigenvalue weighted by atomic mass is 10.2. The van der Waals surface area contributed by atoms with Crippen LogP contribution in [0.25, 0.3) is 0 Å². The van der Waals surface area contributed by atoms with Gasteiger partial charge in [0, 0.05) is 45.0 Å². The van der Waals surface area contributed by atoms with Crippen molar-refractivity contribution in [1.29, 1.82) is 0 Å². The number of rotatable bonds is 4. The number of ether oxygens (including phenoxy) is 1. The molecule has 0 aliphatic carbocycles. The van der Waals surface area contributed by atoms with E-state index in [-0.39, 0.29) is 5.56 Å². The number of aromatic amines is 1. The van der Waals surface area contributed by atoms with Gasteiger partial charge in [-0.3, -0.25) is 9.78 Å². The molecule has 2 aromatic rings. The Balaban J connectivity index is 1.70. The molecule has 1 aromatic heterocycles. The lowest BCUT2D eigenvalue weighted by molar-refractivity contribution is 0.181. The third kappa shape index (κ3) is 3.28. The van der Waals surface area contributed by atoms with Crippen molar-refractivity contribution in [3.63, 3.8) is 0 Å². The first kappa shape index (κ1) is 14.6. The van der Waals surface area contributed by atoms with Crippen molar-refractivity contribution in [2.75, 3.05) is 43.1 Å². The highest BCUT2D eigenvalue weighted by Gasteiger charge is 2.19. The SMILES string of the molecule is COCc1cc(=O)[nH]c(N2CCN(c3ccccc3)CC2)n1. The predicted octanol–water partition coefficient (Wildman–Crippen LogP) is 1.24. The average Bonchev–Trinajstić information content (AvgIpc) is 2.56. The molecule has 1 fully saturated rings. The molecule has 0 radical (unpaired) electrons. The molecule has 0 atom stereocenters. The zero-order valence-electron chi connectivity index (χ0n) is 12.7. The molecule has 1 N–H and O–H groups in total. The van der Waals surface area contributed by atoms with E-state index in [2.05, 4.69) is 44.0 Å². The number of nitrogens with one attached hydrogen (secondary N) is 1. The van der Waals surface area contributed by atoms with Crippen molar-refractivity contribution in [2.24, 2.45) is 0 Å². The maximum absolute atomic E-state index is 11.7. The normalized spacial score (nSPS) is 15.1. The van der Waals surface area contributed by atoms with Gasteiger partial charge in [-0.15, -0.1) is 0 Å². The van der Waals surface area contributed by atoms with Crippen molar-refractivity contribution < 1.29 is 4.74 Å². The van der Waals surface area contributed by atoms with E-state index in [1.54, 1.807) is 7.11 Å². The molecule has 2 heterocycles. The van der Waals surface area contributed by atoms with Gasteiger partial charge < -0.3 is 14.5 Å². The van der Waals surface area contributed by atoms with Crippen LogP contribution < -0.4 is 15.4 Å². The molecule has 1 aromatic carbocycles. The zero-order chi connectivity index (χ0) is 15.4. The monoisotopic (exact) mass is 300 g/mol. The quantitative estimate of drug-likeness (QED) is 0.920. The first-order chi connectivity index (χ1) is 10.8. The summed E-state index contributed by atoms with van der Waals surface area (Å²) in [5, 5.41) is 0. The van der Waals surface area contributed by atoms with Crippen LogP contribution in [0.5, 0.6) is 0 Å². The van der Waals surface area contributed by atoms with Crippen LogP contribution in [0.15, 0.2) is 41.2 Å². The summed E-state index contributed by atoms with van der Waals surface area (Å²) in [5.41, 5.74) is 1.76. The van der Waals surface area contributed by atoms with E-state index in [1.807, 2.05) is 6.07 Å². The lowest BCUT2D eigenvalue weighted by Gasteiger charge is -2.36. The van der Waals surface area contributed by atoms with Gasteiger partial charge in [-0.05, 0) is 12.1 Å². The topological polar surface area (TPSA) is 61.5 Å². The molecule has 6 nitrogen and oxygen atoms in total. The van der Waals surface area contributed by atoms with Gasteiger partial charge in [0.25, 0.3) is 5.56 Å². The fourth-order valence-corrected chi connectivity index (χ4v) is 2.68. The molecule has 22 heavy (non-hydrogen) atoms. The number of nitrogens with zero attached hydrogens (tertiary/aromatic N) is 3. The van der Waals surface area contributed by atoms with Gasteiger partial charge in [0.2, 0.25) is 5.95 Å². The first-order valence-electron chi connectivity index (χ1n) is 7.40. The summed E-state index contributed by atoms with van der Waals surface area (Å²) in [4.78, 5) is 23.5. The Hall–Kier alpha value is -2.34. The number of hydrogen-bond donors (Lipinski definition) is 1. The lowest BCUT2D eigenvalue weighted by Crippen LogP contribution is -2.47. The number of aromatic nitrogens is 2. The zero-order valence-corrected chi connectivity index (χ0v) is 12.7. The molecule has 0 spiro atoms. The molecule has 1 aliphatic heterocycles. The molecular formula is C16H20N4O2. The molecule has 0 unspecified atom stereocenters. The third-order valence-electron chi connectivity index (χ3n) is 3.77. The first-order valence-corrected chi connectivity index (χ1v) is 7.40. The number of hydrogen-bond acceptors (Lipinski definition) is 5. The number of methoxy groups -OCH3 is 1. The Morgan fingerprint density at radius 3 is 2.50 bits per heavy atom. The maximum atomic E-state index is 11.7. The predicted molar refractivity (Wildman–Crippen MR) is 86.4 cm³/mol. The van der Waals surface area contributed by atoms with Crippen LogP contribution in [0.2, 0.25) is 0 Å². The van der Waals surface area contributed by atoms with Crippen LogP contribution in [0.1, 0.15) is 5.69 Å². The van der Waals surface area contributed by atoms with Crippen molar-refractivity contribution in [1.82, 2.24) is 9.97 Å². The van der Waals surface area contributed by atoms with Gasteiger partial charge in [0.05, 0.1) is 12.3 Å². The minimum atomic E-state index is -0.137. The maximum Gasteiger partial charge on any atom is 0.252 e. The summed E-state index contributed by atoms with van der Waals surface area (Å²) in [5.74, 6) is 0.632. The smallest absolute Gasteiger partial charge is 0.252 e. The van der Waals surface area contributed by atoms with Crippen molar-refractivity contribution in [2.45, 2.75) is 6.61 Å². The van der Waals surface area contributed by atoms with E-state index >= 15 is 0 Å². The molecule has 1 saturated heterocycles. The molecule has 1 aliphatic rings. The second kappa shape index (κ2) is 6.62. The van der Waals surface area contributed by atoms with E-state index in [0.717, 1.165) is 26.2 Å². The molecular weight excluding hydrogens is 280 g/mol. The van der Waals surface area contributed by atoms with E-state index in [9.17, 15) is 4.79 Å². The molecule has 0 bridgehead atoms. The Bertz CT molecular complexity index is 663. The average molecular weight is 300 g/mol. The summed E-state index contributed by atoms with van der Waals surface area (Å²) in [6, 6.07) is 11.8. The summed E-state index contributed by atoms with van der Waals surface area (Å²) >= 11 is 0. The molecule has 116 valence electrons. The number of piperazine rings is 1. The summed E-state index contributed by atoms with van der Waals surface area (Å²) in [6.45, 7) is 3.81. The molecule has 3 rings (SSSR count). The fraction of sp³-hybridized carbons (Fsp3) is 0.375. The van der Waals surface area contributed by atoms with Crippen molar-refractivity contribution >= 4 is 11.6 Å². The van der Waals surface area contributed by atoms with E-state index in [1.165, 1.54) is 11.8 Å². The van der Waals surface area contributed by atoms with Crippen LogP contribution in [0.4, 0.5) is 11.6 Å². The van der Waals surface area contributed by atoms with Gasteiger partial charge in [0.15, 0.2) is 0 Å². The van der Waals surface area contributed by atoms with Crippen LogP contribution in [-0.4, -0.2) is 43.3 Å². The van der Waals surface area contributed by atoms with E-state index in [0.29, 0.717) is 18.2 Å². The Morgan fingerprint density at radius 2 is 1.82 bits per heavy atom. The van der Waals surface area contributed by atoms with Crippen LogP contribution in [0.3, 0.4) is 0 Å². The highest BCUT2D eigenvalue weighted by molar-refractivity contribution is 5.48. The van der Waals surface area contributed by atoms with Gasteiger partial charge in [-0.1, -0.05) is 18.2 Å². The van der Waals surface area contributed by atoms with Crippen LogP contribution in [-0.2, 0) is 11.3 Å². The minimum absolute atomic E-state index is 0.137. The molecule has 0 amide bonds. The van der Waals surface area contributed by atoms with Gasteiger partial charge in [-0.2, -0.15) is 0 Å². The minimum Gasteiger partial charge on any atom is -0.378 e. The number of H-pyrrole nitrogens is 1. The van der Waals surface area contributed by atoms with E-state index in [4.69, 9.17) is 4.74 Å². The Kier molecular flexibility index (Phi) is 4.39. The molecule has 6 heteroatoms. The largest absolute Gasteiger partial charge is 0.378 e. The van der Waals surface area contributed by atoms with Crippen molar-refractivity contribution in [3.05, 3.63) is 52.4 Å². The number of anilines is 2. The summed E-state index contributed by atoms with van der Waals surface area (Å²) in [7, 11) is 1.60. The van der Waals surface area contributed by atoms with Gasteiger partial charge >= 0.3 is 0 Å². The molecule has 0 saturated carbocycles. The second-order valence-corrected chi connectivity index (χ2v) is 5.30. The Morgan fingerprint density at radius 1 is 1.14 bits per heavy atom. The second-order valence-electron chi connectivity index (χ2n) is 5.30. The highest BCUT2D eigenvalue weighted by Crippen LogP contribution is 2.17. The van der Waals surface area contributed by atoms with Crippen LogP contribution in [0, 0.1) is 0 Å². The summed E-state index contributed by atoms with van der Waals surface area (Å²) in [6.07, 6.45) is 0. The van der Waals surface area contributed by atoms with E-state index < -0.39 is 0 Å². The van der Waals surface area contributed by atoms with Gasteiger partial charge in [0.1, 0.15) is 0 Å². The summed E-state index contributed by atoms with van der Waals surface area (Å²) < 4.78 is 5.06. The van der Waals surface area contributed by atoms with Crippen LogP contribution >= 0.6 is 0 Å². The third-order valence-corrected chi connectivity index (χ3v) is 3.77. The number of benzene rings is 1. The van der Waals surface area contributed by atoms with Gasteiger partial charge in [-0.25, -0.2) is 4.98 Å². The number of para-hydroxylation sites is 1. The fourth-order valence-electron chi connectivity index (χ4n) is 2.68.